The van der Waals surface area contributed by atoms with Crippen LogP contribution in [0.4, 0.5) is 5.69 Å². The van der Waals surface area contributed by atoms with Crippen molar-refractivity contribution in [2.45, 2.75) is 38.6 Å². The molecular weight excluding hydrogens is 320 g/mol. The number of piperidine rings is 1. The maximum absolute atomic E-state index is 10.7. The molecule has 132 valence electrons. The minimum absolute atomic E-state index is 0.0582. The molecule has 2 heterocycles. The molecule has 0 spiro atoms. The van der Waals surface area contributed by atoms with Crippen LogP contribution in [0.25, 0.3) is 11.4 Å². The SMILES string of the molecule is O=[N+]([O-])c1ccc(-c2noc(CN3CCC4CCCCC4C3)n2)cc1. The predicted molar refractivity (Wildman–Crippen MR) is 91.7 cm³/mol. The van der Waals surface area contributed by atoms with Gasteiger partial charge in [0, 0.05) is 24.2 Å². The van der Waals surface area contributed by atoms with Gasteiger partial charge in [0.1, 0.15) is 0 Å². The number of hydrogen-bond acceptors (Lipinski definition) is 6. The summed E-state index contributed by atoms with van der Waals surface area (Å²) in [5.74, 6) is 2.82. The fourth-order valence-electron chi connectivity index (χ4n) is 4.18. The Kier molecular flexibility index (Phi) is 4.48. The first-order valence-corrected chi connectivity index (χ1v) is 8.99. The number of benzene rings is 1. The zero-order valence-corrected chi connectivity index (χ0v) is 14.1. The summed E-state index contributed by atoms with van der Waals surface area (Å²) < 4.78 is 5.40. The van der Waals surface area contributed by atoms with Crippen LogP contribution < -0.4 is 0 Å². The van der Waals surface area contributed by atoms with Crippen LogP contribution in [0.2, 0.25) is 0 Å². The Morgan fingerprint density at radius 3 is 2.68 bits per heavy atom. The maximum Gasteiger partial charge on any atom is 0.269 e. The van der Waals surface area contributed by atoms with E-state index in [1.165, 1.54) is 44.2 Å². The molecule has 0 bridgehead atoms. The highest BCUT2D eigenvalue weighted by atomic mass is 16.6. The van der Waals surface area contributed by atoms with Gasteiger partial charge in [-0.05, 0) is 43.4 Å². The molecule has 1 saturated heterocycles. The lowest BCUT2D eigenvalue weighted by Gasteiger charge is -2.40. The number of nitrogens with zero attached hydrogens (tertiary/aromatic N) is 4. The van der Waals surface area contributed by atoms with Gasteiger partial charge >= 0.3 is 0 Å². The largest absolute Gasteiger partial charge is 0.338 e. The molecule has 1 aliphatic heterocycles. The first-order valence-electron chi connectivity index (χ1n) is 8.99. The average Bonchev–Trinajstić information content (AvgIpc) is 3.10. The smallest absolute Gasteiger partial charge is 0.269 e. The number of likely N-dealkylation sites (tertiary alicyclic amines) is 1. The van der Waals surface area contributed by atoms with Crippen molar-refractivity contribution >= 4 is 5.69 Å². The molecule has 2 atom stereocenters. The number of fused-ring (bicyclic) bond motifs is 1. The van der Waals surface area contributed by atoms with Crippen molar-refractivity contribution in [1.82, 2.24) is 15.0 Å². The van der Waals surface area contributed by atoms with E-state index in [1.807, 2.05) is 0 Å². The van der Waals surface area contributed by atoms with Gasteiger partial charge in [0.15, 0.2) is 0 Å². The van der Waals surface area contributed by atoms with Crippen molar-refractivity contribution < 1.29 is 9.45 Å². The third-order valence-electron chi connectivity index (χ3n) is 5.54. The van der Waals surface area contributed by atoms with E-state index in [9.17, 15) is 10.1 Å². The van der Waals surface area contributed by atoms with Gasteiger partial charge in [-0.1, -0.05) is 24.4 Å². The summed E-state index contributed by atoms with van der Waals surface area (Å²) in [6.45, 7) is 2.90. The molecule has 1 aromatic carbocycles. The molecule has 7 nitrogen and oxygen atoms in total. The minimum Gasteiger partial charge on any atom is -0.338 e. The Balaban J connectivity index is 1.40. The Labute approximate surface area is 146 Å². The molecule has 2 unspecified atom stereocenters. The van der Waals surface area contributed by atoms with Crippen LogP contribution in [0.15, 0.2) is 28.8 Å². The number of nitro groups is 1. The molecule has 4 rings (SSSR count). The van der Waals surface area contributed by atoms with Gasteiger partial charge < -0.3 is 4.52 Å². The van der Waals surface area contributed by atoms with Crippen LogP contribution in [0, 0.1) is 22.0 Å². The van der Waals surface area contributed by atoms with E-state index < -0.39 is 4.92 Å². The van der Waals surface area contributed by atoms with Crippen LogP contribution in [0.5, 0.6) is 0 Å². The summed E-state index contributed by atoms with van der Waals surface area (Å²) >= 11 is 0. The minimum atomic E-state index is -0.416. The highest BCUT2D eigenvalue weighted by Gasteiger charge is 2.31. The number of non-ortho nitro benzene ring substituents is 1. The second-order valence-corrected chi connectivity index (χ2v) is 7.14. The Bertz CT molecular complexity index is 743. The van der Waals surface area contributed by atoms with Crippen molar-refractivity contribution in [3.63, 3.8) is 0 Å². The second kappa shape index (κ2) is 6.92. The van der Waals surface area contributed by atoms with E-state index in [0.29, 0.717) is 18.3 Å². The summed E-state index contributed by atoms with van der Waals surface area (Å²) in [6, 6.07) is 6.22. The van der Waals surface area contributed by atoms with Crippen molar-refractivity contribution in [1.29, 1.82) is 0 Å². The first-order chi connectivity index (χ1) is 12.2. The molecule has 2 aliphatic rings. The van der Waals surface area contributed by atoms with E-state index >= 15 is 0 Å². The molecule has 0 radical (unpaired) electrons. The molecule has 0 amide bonds. The molecule has 0 N–H and O–H groups in total. The van der Waals surface area contributed by atoms with Crippen molar-refractivity contribution in [2.75, 3.05) is 13.1 Å². The summed E-state index contributed by atoms with van der Waals surface area (Å²) in [7, 11) is 0. The van der Waals surface area contributed by atoms with Gasteiger partial charge in [-0.2, -0.15) is 4.98 Å². The lowest BCUT2D eigenvalue weighted by molar-refractivity contribution is -0.384. The zero-order valence-electron chi connectivity index (χ0n) is 14.1. The van der Waals surface area contributed by atoms with Crippen LogP contribution in [0.3, 0.4) is 0 Å². The topological polar surface area (TPSA) is 85.3 Å². The lowest BCUT2D eigenvalue weighted by atomic mass is 9.75. The van der Waals surface area contributed by atoms with Gasteiger partial charge in [-0.25, -0.2) is 0 Å². The Morgan fingerprint density at radius 2 is 1.92 bits per heavy atom. The lowest BCUT2D eigenvalue weighted by Crippen LogP contribution is -2.41. The van der Waals surface area contributed by atoms with Gasteiger partial charge in [0.2, 0.25) is 11.7 Å². The molecular formula is C18H22N4O3. The monoisotopic (exact) mass is 342 g/mol. The number of nitro benzene ring substituents is 1. The first kappa shape index (κ1) is 16.2. The fourth-order valence-corrected chi connectivity index (χ4v) is 4.18. The standard InChI is InChI=1S/C18H22N4O3/c23-22(24)16-7-5-14(6-8-16)18-19-17(25-20-18)12-21-10-9-13-3-1-2-4-15(13)11-21/h5-8,13,15H,1-4,9-12H2. The second-order valence-electron chi connectivity index (χ2n) is 7.14. The Hall–Kier alpha value is -2.28. The summed E-state index contributed by atoms with van der Waals surface area (Å²) in [5.41, 5.74) is 0.786. The highest BCUT2D eigenvalue weighted by molar-refractivity contribution is 5.56. The zero-order chi connectivity index (χ0) is 17.2. The van der Waals surface area contributed by atoms with Crippen molar-refractivity contribution in [3.05, 3.63) is 40.3 Å². The molecule has 1 saturated carbocycles. The summed E-state index contributed by atoms with van der Waals surface area (Å²) in [6.07, 6.45) is 6.76. The van der Waals surface area contributed by atoms with Crippen LogP contribution in [-0.4, -0.2) is 33.1 Å². The van der Waals surface area contributed by atoms with E-state index in [2.05, 4.69) is 15.0 Å². The molecule has 2 fully saturated rings. The number of aromatic nitrogens is 2. The third kappa shape index (κ3) is 3.56. The third-order valence-corrected chi connectivity index (χ3v) is 5.54. The maximum atomic E-state index is 10.7. The molecule has 2 aromatic rings. The van der Waals surface area contributed by atoms with Gasteiger partial charge in [0.05, 0.1) is 11.5 Å². The molecule has 25 heavy (non-hydrogen) atoms. The van der Waals surface area contributed by atoms with Crippen LogP contribution in [0.1, 0.15) is 38.0 Å². The fraction of sp³-hybridized carbons (Fsp3) is 0.556. The number of hydrogen-bond donors (Lipinski definition) is 0. The summed E-state index contributed by atoms with van der Waals surface area (Å²) in [4.78, 5) is 17.2. The number of rotatable bonds is 4. The van der Waals surface area contributed by atoms with Gasteiger partial charge in [-0.3, -0.25) is 15.0 Å². The van der Waals surface area contributed by atoms with E-state index in [4.69, 9.17) is 4.52 Å². The van der Waals surface area contributed by atoms with E-state index in [1.54, 1.807) is 12.1 Å². The molecule has 7 heteroatoms. The quantitative estimate of drug-likeness (QED) is 0.623. The van der Waals surface area contributed by atoms with E-state index in [-0.39, 0.29) is 5.69 Å². The Morgan fingerprint density at radius 1 is 1.16 bits per heavy atom. The van der Waals surface area contributed by atoms with E-state index in [0.717, 1.165) is 30.5 Å². The van der Waals surface area contributed by atoms with Crippen LogP contribution in [-0.2, 0) is 6.54 Å². The summed E-state index contributed by atoms with van der Waals surface area (Å²) in [5, 5.41) is 14.8. The molecule has 1 aromatic heterocycles. The van der Waals surface area contributed by atoms with Crippen molar-refractivity contribution in [2.24, 2.45) is 11.8 Å². The van der Waals surface area contributed by atoms with Gasteiger partial charge in [0.25, 0.3) is 5.69 Å². The normalized spacial score (nSPS) is 24.0. The van der Waals surface area contributed by atoms with Gasteiger partial charge in [-0.15, -0.1) is 0 Å². The average molecular weight is 342 g/mol. The predicted octanol–water partition coefficient (Wildman–Crippen LogP) is 3.66. The van der Waals surface area contributed by atoms with Crippen molar-refractivity contribution in [3.8, 4) is 11.4 Å². The molecule has 1 aliphatic carbocycles. The van der Waals surface area contributed by atoms with Crippen LogP contribution >= 0.6 is 0 Å². The highest BCUT2D eigenvalue weighted by Crippen LogP contribution is 2.36.